The van der Waals surface area contributed by atoms with E-state index in [-0.39, 0.29) is 5.91 Å². The Kier molecular flexibility index (Phi) is 7.22. The fourth-order valence-electron chi connectivity index (χ4n) is 2.29. The van der Waals surface area contributed by atoms with Crippen molar-refractivity contribution in [2.45, 2.75) is 6.54 Å². The Morgan fingerprint density at radius 3 is 2.64 bits per heavy atom. The van der Waals surface area contributed by atoms with Gasteiger partial charge in [0.2, 0.25) is 0 Å². The van der Waals surface area contributed by atoms with E-state index in [1.54, 1.807) is 31.6 Å². The summed E-state index contributed by atoms with van der Waals surface area (Å²) in [7, 11) is 3.66. The normalized spacial score (nSPS) is 11.1. The molecule has 1 heterocycles. The Bertz CT molecular complexity index is 720. The summed E-state index contributed by atoms with van der Waals surface area (Å²) in [6, 6.07) is 11.2. The molecule has 0 saturated heterocycles. The quantitative estimate of drug-likeness (QED) is 0.471. The van der Waals surface area contributed by atoms with Gasteiger partial charge in [-0.05, 0) is 23.8 Å². The molecule has 0 spiro atoms. The summed E-state index contributed by atoms with van der Waals surface area (Å²) >= 11 is 6.20. The summed E-state index contributed by atoms with van der Waals surface area (Å²) in [4.78, 5) is 22.1. The Morgan fingerprint density at radius 2 is 1.96 bits per heavy atom. The van der Waals surface area contributed by atoms with Crippen molar-refractivity contribution in [3.05, 3.63) is 64.9 Å². The SMILES string of the molecule is CN=C(NCCNC(=O)c1cccnc1)N(C)Cc1ccccc1Cl. The molecule has 132 valence electrons. The zero-order chi connectivity index (χ0) is 18.1. The van der Waals surface area contributed by atoms with E-state index in [1.165, 1.54) is 0 Å². The topological polar surface area (TPSA) is 69.6 Å². The van der Waals surface area contributed by atoms with Crippen LogP contribution in [-0.2, 0) is 6.54 Å². The van der Waals surface area contributed by atoms with E-state index in [1.807, 2.05) is 36.2 Å². The van der Waals surface area contributed by atoms with E-state index < -0.39 is 0 Å². The lowest BCUT2D eigenvalue weighted by Gasteiger charge is -2.22. The van der Waals surface area contributed by atoms with E-state index in [9.17, 15) is 4.79 Å². The number of rotatable bonds is 6. The minimum absolute atomic E-state index is 0.144. The Labute approximate surface area is 152 Å². The van der Waals surface area contributed by atoms with Crippen LogP contribution in [0.2, 0.25) is 5.02 Å². The molecule has 6 nitrogen and oxygen atoms in total. The summed E-state index contributed by atoms with van der Waals surface area (Å²) in [5, 5.41) is 6.79. The number of nitrogens with one attached hydrogen (secondary N) is 2. The molecule has 0 unspecified atom stereocenters. The van der Waals surface area contributed by atoms with Crippen molar-refractivity contribution in [2.24, 2.45) is 4.99 Å². The van der Waals surface area contributed by atoms with Gasteiger partial charge in [-0.2, -0.15) is 0 Å². The Balaban J connectivity index is 1.78. The fraction of sp³-hybridized carbons (Fsp3) is 0.278. The molecular formula is C18H22ClN5O. The molecule has 0 aliphatic rings. The van der Waals surface area contributed by atoms with Crippen LogP contribution < -0.4 is 10.6 Å². The largest absolute Gasteiger partial charge is 0.354 e. The summed E-state index contributed by atoms with van der Waals surface area (Å²) in [5.41, 5.74) is 1.57. The zero-order valence-corrected chi connectivity index (χ0v) is 15.1. The van der Waals surface area contributed by atoms with E-state index in [2.05, 4.69) is 20.6 Å². The number of guanidine groups is 1. The molecule has 0 aliphatic heterocycles. The third kappa shape index (κ3) is 5.76. The van der Waals surface area contributed by atoms with Gasteiger partial charge in [-0.15, -0.1) is 0 Å². The predicted octanol–water partition coefficient (Wildman–Crippen LogP) is 2.17. The Hall–Kier alpha value is -2.60. The third-order valence-corrected chi connectivity index (χ3v) is 3.92. The lowest BCUT2D eigenvalue weighted by molar-refractivity contribution is 0.0954. The van der Waals surface area contributed by atoms with Gasteiger partial charge in [0.1, 0.15) is 0 Å². The monoisotopic (exact) mass is 359 g/mol. The third-order valence-electron chi connectivity index (χ3n) is 3.56. The van der Waals surface area contributed by atoms with Crippen molar-refractivity contribution in [2.75, 3.05) is 27.2 Å². The molecule has 0 aliphatic carbocycles. The highest BCUT2D eigenvalue weighted by atomic mass is 35.5. The minimum Gasteiger partial charge on any atom is -0.354 e. The van der Waals surface area contributed by atoms with Gasteiger partial charge in [-0.25, -0.2) is 0 Å². The highest BCUT2D eigenvalue weighted by molar-refractivity contribution is 6.31. The maximum atomic E-state index is 11.9. The van der Waals surface area contributed by atoms with E-state index in [0.29, 0.717) is 25.2 Å². The van der Waals surface area contributed by atoms with Gasteiger partial charge in [0.15, 0.2) is 5.96 Å². The number of hydrogen-bond acceptors (Lipinski definition) is 3. The second-order valence-corrected chi connectivity index (χ2v) is 5.83. The van der Waals surface area contributed by atoms with Gasteiger partial charge in [0, 0.05) is 51.1 Å². The fourth-order valence-corrected chi connectivity index (χ4v) is 2.49. The molecule has 0 saturated carbocycles. The summed E-state index contributed by atoms with van der Waals surface area (Å²) < 4.78 is 0. The molecule has 1 amide bonds. The maximum Gasteiger partial charge on any atom is 0.252 e. The molecular weight excluding hydrogens is 338 g/mol. The van der Waals surface area contributed by atoms with Crippen molar-refractivity contribution in [3.8, 4) is 0 Å². The predicted molar refractivity (Wildman–Crippen MR) is 101 cm³/mol. The number of halogens is 1. The molecule has 0 radical (unpaired) electrons. The van der Waals surface area contributed by atoms with Gasteiger partial charge >= 0.3 is 0 Å². The molecule has 2 aromatic rings. The summed E-state index contributed by atoms with van der Waals surface area (Å²) in [6.07, 6.45) is 3.18. The smallest absolute Gasteiger partial charge is 0.252 e. The molecule has 7 heteroatoms. The van der Waals surface area contributed by atoms with Crippen LogP contribution in [0.3, 0.4) is 0 Å². The van der Waals surface area contributed by atoms with Gasteiger partial charge in [-0.3, -0.25) is 14.8 Å². The molecule has 1 aromatic heterocycles. The van der Waals surface area contributed by atoms with Crippen LogP contribution in [0, 0.1) is 0 Å². The minimum atomic E-state index is -0.144. The number of aliphatic imine (C=N–C) groups is 1. The first kappa shape index (κ1) is 18.7. The molecule has 0 atom stereocenters. The van der Waals surface area contributed by atoms with Crippen LogP contribution >= 0.6 is 11.6 Å². The second-order valence-electron chi connectivity index (χ2n) is 5.42. The van der Waals surface area contributed by atoms with Crippen LogP contribution in [0.25, 0.3) is 0 Å². The van der Waals surface area contributed by atoms with Crippen molar-refractivity contribution in [3.63, 3.8) is 0 Å². The lowest BCUT2D eigenvalue weighted by Crippen LogP contribution is -2.42. The molecule has 25 heavy (non-hydrogen) atoms. The van der Waals surface area contributed by atoms with Gasteiger partial charge in [0.25, 0.3) is 5.91 Å². The number of carbonyl (C=O) groups is 1. The molecule has 2 rings (SSSR count). The summed E-state index contributed by atoms with van der Waals surface area (Å²) in [6.45, 7) is 1.68. The average Bonchev–Trinajstić information content (AvgIpc) is 2.64. The number of hydrogen-bond donors (Lipinski definition) is 2. The van der Waals surface area contributed by atoms with Crippen molar-refractivity contribution >= 4 is 23.5 Å². The standard InChI is InChI=1S/C18H22ClN5O/c1-20-18(24(2)13-15-6-3-4-8-16(15)19)23-11-10-22-17(25)14-7-5-9-21-12-14/h3-9,12H,10-11,13H2,1-2H3,(H,20,23)(H,22,25). The van der Waals surface area contributed by atoms with Crippen molar-refractivity contribution in [1.29, 1.82) is 0 Å². The number of amides is 1. The first-order valence-electron chi connectivity index (χ1n) is 7.95. The van der Waals surface area contributed by atoms with E-state index in [0.717, 1.165) is 16.5 Å². The number of aromatic nitrogens is 1. The van der Waals surface area contributed by atoms with Gasteiger partial charge < -0.3 is 15.5 Å². The molecule has 0 bridgehead atoms. The number of benzene rings is 1. The van der Waals surface area contributed by atoms with E-state index in [4.69, 9.17) is 11.6 Å². The number of nitrogens with zero attached hydrogens (tertiary/aromatic N) is 3. The highest BCUT2D eigenvalue weighted by Crippen LogP contribution is 2.16. The lowest BCUT2D eigenvalue weighted by atomic mass is 10.2. The van der Waals surface area contributed by atoms with Crippen LogP contribution in [0.15, 0.2) is 53.8 Å². The van der Waals surface area contributed by atoms with Gasteiger partial charge in [0.05, 0.1) is 5.56 Å². The summed E-state index contributed by atoms with van der Waals surface area (Å²) in [5.74, 6) is 0.588. The van der Waals surface area contributed by atoms with Crippen LogP contribution in [-0.4, -0.2) is 48.9 Å². The van der Waals surface area contributed by atoms with Gasteiger partial charge in [-0.1, -0.05) is 29.8 Å². The molecule has 0 fully saturated rings. The van der Waals surface area contributed by atoms with Crippen molar-refractivity contribution in [1.82, 2.24) is 20.5 Å². The van der Waals surface area contributed by atoms with E-state index >= 15 is 0 Å². The Morgan fingerprint density at radius 1 is 1.20 bits per heavy atom. The molecule has 1 aromatic carbocycles. The zero-order valence-electron chi connectivity index (χ0n) is 14.4. The molecule has 2 N–H and O–H groups in total. The van der Waals surface area contributed by atoms with Crippen LogP contribution in [0.1, 0.15) is 15.9 Å². The first-order valence-corrected chi connectivity index (χ1v) is 8.33. The number of pyridine rings is 1. The van der Waals surface area contributed by atoms with Crippen LogP contribution in [0.4, 0.5) is 0 Å². The second kappa shape index (κ2) is 9.64. The van der Waals surface area contributed by atoms with Crippen molar-refractivity contribution < 1.29 is 4.79 Å². The highest BCUT2D eigenvalue weighted by Gasteiger charge is 2.09. The maximum absolute atomic E-state index is 11.9. The average molecular weight is 360 g/mol. The number of carbonyl (C=O) groups excluding carboxylic acids is 1. The van der Waals surface area contributed by atoms with Crippen LogP contribution in [0.5, 0.6) is 0 Å². The first-order chi connectivity index (χ1) is 12.1.